The van der Waals surface area contributed by atoms with Gasteiger partial charge in [0.2, 0.25) is 0 Å². The van der Waals surface area contributed by atoms with Crippen molar-refractivity contribution in [3.8, 4) is 0 Å². The number of ether oxygens (including phenoxy) is 1. The number of aliphatic carboxylic acids is 1. The van der Waals surface area contributed by atoms with Crippen LogP contribution in [0.15, 0.2) is 18.2 Å². The van der Waals surface area contributed by atoms with Crippen molar-refractivity contribution in [3.05, 3.63) is 35.1 Å². The number of carboxylic acids is 1. The summed E-state index contributed by atoms with van der Waals surface area (Å²) >= 11 is 0. The zero-order valence-corrected chi connectivity index (χ0v) is 9.87. The smallest absolute Gasteiger partial charge is 0.325 e. The number of methoxy groups -OCH3 is 1. The Labute approximate surface area is 99.4 Å². The second kappa shape index (κ2) is 6.32. The van der Waals surface area contributed by atoms with Crippen LogP contribution in [0.4, 0.5) is 4.39 Å². The van der Waals surface area contributed by atoms with Crippen LogP contribution in [0.5, 0.6) is 0 Å². The number of hydrogen-bond acceptors (Lipinski definition) is 3. The number of hydrogen-bond donors (Lipinski definition) is 2. The number of benzene rings is 1. The standard InChI is InChI=1S/C12H16FNO3/c1-8-7-9(3-4-10(8)13)11(12(15)16)14-5-6-17-2/h3-4,7,11,14H,5-6H2,1-2H3,(H,15,16). The fourth-order valence-corrected chi connectivity index (χ4v) is 1.50. The topological polar surface area (TPSA) is 58.6 Å². The van der Waals surface area contributed by atoms with Crippen LogP contribution in [0, 0.1) is 12.7 Å². The minimum absolute atomic E-state index is 0.338. The molecule has 1 aromatic carbocycles. The second-order valence-electron chi connectivity index (χ2n) is 3.73. The van der Waals surface area contributed by atoms with Crippen LogP contribution >= 0.6 is 0 Å². The molecule has 0 radical (unpaired) electrons. The zero-order valence-electron chi connectivity index (χ0n) is 9.87. The second-order valence-corrected chi connectivity index (χ2v) is 3.73. The number of halogens is 1. The molecule has 0 aromatic heterocycles. The molecule has 2 N–H and O–H groups in total. The summed E-state index contributed by atoms with van der Waals surface area (Å²) < 4.78 is 17.9. The van der Waals surface area contributed by atoms with Crippen molar-refractivity contribution in [3.63, 3.8) is 0 Å². The van der Waals surface area contributed by atoms with Crippen molar-refractivity contribution in [1.29, 1.82) is 0 Å². The van der Waals surface area contributed by atoms with E-state index in [1.54, 1.807) is 14.0 Å². The average molecular weight is 241 g/mol. The van der Waals surface area contributed by atoms with E-state index in [-0.39, 0.29) is 5.82 Å². The lowest BCUT2D eigenvalue weighted by Gasteiger charge is -2.15. The fraction of sp³-hybridized carbons (Fsp3) is 0.417. The highest BCUT2D eigenvalue weighted by atomic mass is 19.1. The molecule has 0 fully saturated rings. The minimum Gasteiger partial charge on any atom is -0.480 e. The van der Waals surface area contributed by atoms with Crippen molar-refractivity contribution in [1.82, 2.24) is 5.32 Å². The van der Waals surface area contributed by atoms with Gasteiger partial charge in [0, 0.05) is 13.7 Å². The lowest BCUT2D eigenvalue weighted by molar-refractivity contribution is -0.139. The molecular formula is C12H16FNO3. The third kappa shape index (κ3) is 3.80. The van der Waals surface area contributed by atoms with Crippen molar-refractivity contribution in [2.75, 3.05) is 20.3 Å². The molecule has 0 amide bonds. The van der Waals surface area contributed by atoms with Crippen molar-refractivity contribution >= 4 is 5.97 Å². The maximum Gasteiger partial charge on any atom is 0.325 e. The van der Waals surface area contributed by atoms with E-state index in [1.807, 2.05) is 0 Å². The number of aryl methyl sites for hydroxylation is 1. The Morgan fingerprint density at radius 1 is 1.59 bits per heavy atom. The summed E-state index contributed by atoms with van der Waals surface area (Å²) in [4.78, 5) is 11.1. The van der Waals surface area contributed by atoms with Crippen LogP contribution in [0.2, 0.25) is 0 Å². The normalized spacial score (nSPS) is 12.4. The largest absolute Gasteiger partial charge is 0.480 e. The number of carboxylic acid groups (broad SMARTS) is 1. The number of rotatable bonds is 6. The van der Waals surface area contributed by atoms with Gasteiger partial charge in [0.05, 0.1) is 6.61 Å². The SMILES string of the molecule is COCCNC(C(=O)O)c1ccc(F)c(C)c1. The first-order valence-electron chi connectivity index (χ1n) is 5.27. The molecule has 17 heavy (non-hydrogen) atoms. The Morgan fingerprint density at radius 2 is 2.29 bits per heavy atom. The lowest BCUT2D eigenvalue weighted by Crippen LogP contribution is -2.31. The third-order valence-electron chi connectivity index (χ3n) is 2.42. The van der Waals surface area contributed by atoms with Gasteiger partial charge >= 0.3 is 5.97 Å². The highest BCUT2D eigenvalue weighted by Crippen LogP contribution is 2.17. The average Bonchev–Trinajstić information content (AvgIpc) is 2.28. The molecule has 1 unspecified atom stereocenters. The van der Waals surface area contributed by atoms with Gasteiger partial charge in [-0.25, -0.2) is 4.39 Å². The molecule has 0 bridgehead atoms. The molecule has 0 saturated heterocycles. The quantitative estimate of drug-likeness (QED) is 0.741. The Balaban J connectivity index is 2.82. The fourth-order valence-electron chi connectivity index (χ4n) is 1.50. The molecule has 1 atom stereocenters. The molecular weight excluding hydrogens is 225 g/mol. The summed E-state index contributed by atoms with van der Waals surface area (Å²) in [6.07, 6.45) is 0. The molecule has 94 valence electrons. The van der Waals surface area contributed by atoms with Crippen LogP contribution in [-0.4, -0.2) is 31.3 Å². The summed E-state index contributed by atoms with van der Waals surface area (Å²) in [5, 5.41) is 11.9. The summed E-state index contributed by atoms with van der Waals surface area (Å²) in [5.41, 5.74) is 0.967. The molecule has 1 rings (SSSR count). The van der Waals surface area contributed by atoms with E-state index >= 15 is 0 Å². The predicted octanol–water partition coefficient (Wildman–Crippen LogP) is 1.50. The van der Waals surface area contributed by atoms with Crippen LogP contribution in [0.1, 0.15) is 17.2 Å². The van der Waals surface area contributed by atoms with Gasteiger partial charge in [0.1, 0.15) is 11.9 Å². The van der Waals surface area contributed by atoms with Crippen LogP contribution in [0.25, 0.3) is 0 Å². The van der Waals surface area contributed by atoms with Gasteiger partial charge < -0.3 is 9.84 Å². The van der Waals surface area contributed by atoms with Gasteiger partial charge in [-0.15, -0.1) is 0 Å². The monoisotopic (exact) mass is 241 g/mol. The molecule has 0 spiro atoms. The van der Waals surface area contributed by atoms with E-state index in [9.17, 15) is 9.18 Å². The van der Waals surface area contributed by atoms with Crippen molar-refractivity contribution in [2.24, 2.45) is 0 Å². The van der Waals surface area contributed by atoms with E-state index in [4.69, 9.17) is 9.84 Å². The first-order chi connectivity index (χ1) is 8.06. The minimum atomic E-state index is -0.993. The number of nitrogens with one attached hydrogen (secondary N) is 1. The Bertz CT molecular complexity index is 395. The van der Waals surface area contributed by atoms with Gasteiger partial charge in [-0.2, -0.15) is 0 Å². The van der Waals surface area contributed by atoms with Gasteiger partial charge in [0.25, 0.3) is 0 Å². The van der Waals surface area contributed by atoms with Crippen LogP contribution in [-0.2, 0) is 9.53 Å². The van der Waals surface area contributed by atoms with Gasteiger partial charge in [-0.05, 0) is 24.1 Å². The van der Waals surface area contributed by atoms with E-state index in [0.717, 1.165) is 0 Å². The lowest BCUT2D eigenvalue weighted by atomic mass is 10.0. The molecule has 0 aliphatic carbocycles. The summed E-state index contributed by atoms with van der Waals surface area (Å²) in [5.74, 6) is -1.33. The summed E-state index contributed by atoms with van der Waals surface area (Å²) in [7, 11) is 1.54. The first kappa shape index (κ1) is 13.6. The molecule has 0 aliphatic rings. The molecule has 4 nitrogen and oxygen atoms in total. The van der Waals surface area contributed by atoms with Crippen LogP contribution < -0.4 is 5.32 Å². The van der Waals surface area contributed by atoms with Crippen molar-refractivity contribution < 1.29 is 19.0 Å². The molecule has 0 heterocycles. The number of carbonyl (C=O) groups is 1. The third-order valence-corrected chi connectivity index (χ3v) is 2.42. The summed E-state index contributed by atoms with van der Waals surface area (Å²) in [6.45, 7) is 2.45. The van der Waals surface area contributed by atoms with Crippen molar-refractivity contribution in [2.45, 2.75) is 13.0 Å². The zero-order chi connectivity index (χ0) is 12.8. The van der Waals surface area contributed by atoms with Gasteiger partial charge in [-0.1, -0.05) is 12.1 Å². The maximum absolute atomic E-state index is 13.1. The molecule has 0 saturated carbocycles. The van der Waals surface area contributed by atoms with Crippen LogP contribution in [0.3, 0.4) is 0 Å². The highest BCUT2D eigenvalue weighted by Gasteiger charge is 2.19. The van der Waals surface area contributed by atoms with E-state index < -0.39 is 12.0 Å². The molecule has 0 aliphatic heterocycles. The Hall–Kier alpha value is -1.46. The van der Waals surface area contributed by atoms with Gasteiger partial charge in [0.15, 0.2) is 0 Å². The Kier molecular flexibility index (Phi) is 5.06. The van der Waals surface area contributed by atoms with E-state index in [0.29, 0.717) is 24.3 Å². The Morgan fingerprint density at radius 3 is 2.82 bits per heavy atom. The summed E-state index contributed by atoms with van der Waals surface area (Å²) in [6, 6.07) is 3.44. The van der Waals surface area contributed by atoms with Gasteiger partial charge in [-0.3, -0.25) is 10.1 Å². The van der Waals surface area contributed by atoms with E-state index in [1.165, 1.54) is 18.2 Å². The molecule has 5 heteroatoms. The predicted molar refractivity (Wildman–Crippen MR) is 61.4 cm³/mol. The maximum atomic E-state index is 13.1. The molecule has 1 aromatic rings. The highest BCUT2D eigenvalue weighted by molar-refractivity contribution is 5.75. The van der Waals surface area contributed by atoms with E-state index in [2.05, 4.69) is 5.32 Å². The first-order valence-corrected chi connectivity index (χ1v) is 5.27.